The molecule has 0 fully saturated rings. The lowest BCUT2D eigenvalue weighted by Gasteiger charge is -2.15. The van der Waals surface area contributed by atoms with E-state index in [2.05, 4.69) is 0 Å². The van der Waals surface area contributed by atoms with Gasteiger partial charge in [-0.05, 0) is 31.9 Å². The first kappa shape index (κ1) is 14.8. The zero-order valence-electron chi connectivity index (χ0n) is 10.9. The zero-order valence-corrected chi connectivity index (χ0v) is 10.9. The standard InChI is InChI=1S/C14H18F2O2/c1-4-6-11(18-5-2)14(17)10-8-7-9(3)12(15)13(10)16/h7-8,11H,4-6H2,1-3H3. The molecule has 0 spiro atoms. The molecule has 2 nitrogen and oxygen atoms in total. The van der Waals surface area contributed by atoms with Crippen LogP contribution in [0.1, 0.15) is 42.6 Å². The predicted octanol–water partition coefficient (Wildman–Crippen LogP) is 3.66. The first-order valence-electron chi connectivity index (χ1n) is 6.13. The topological polar surface area (TPSA) is 26.3 Å². The summed E-state index contributed by atoms with van der Waals surface area (Å²) in [6.45, 7) is 5.50. The van der Waals surface area contributed by atoms with Crippen LogP contribution in [0.25, 0.3) is 0 Å². The van der Waals surface area contributed by atoms with Crippen LogP contribution in [-0.4, -0.2) is 18.5 Å². The van der Waals surface area contributed by atoms with Crippen LogP contribution < -0.4 is 0 Å². The van der Waals surface area contributed by atoms with E-state index in [9.17, 15) is 13.6 Å². The number of carbonyl (C=O) groups excluding carboxylic acids is 1. The Labute approximate surface area is 106 Å². The van der Waals surface area contributed by atoms with Crippen molar-refractivity contribution in [2.75, 3.05) is 6.61 Å². The summed E-state index contributed by atoms with van der Waals surface area (Å²) in [4.78, 5) is 12.1. The lowest BCUT2D eigenvalue weighted by molar-refractivity contribution is 0.0419. The highest BCUT2D eigenvalue weighted by Crippen LogP contribution is 2.19. The second-order valence-electron chi connectivity index (χ2n) is 4.15. The van der Waals surface area contributed by atoms with E-state index in [4.69, 9.17) is 4.74 Å². The maximum atomic E-state index is 13.7. The van der Waals surface area contributed by atoms with E-state index in [1.807, 2.05) is 6.92 Å². The number of hydrogen-bond donors (Lipinski definition) is 0. The molecule has 0 aliphatic carbocycles. The van der Waals surface area contributed by atoms with Crippen molar-refractivity contribution in [3.05, 3.63) is 34.9 Å². The SMILES string of the molecule is CCCC(OCC)C(=O)c1ccc(C)c(F)c1F. The van der Waals surface area contributed by atoms with Crippen molar-refractivity contribution in [2.24, 2.45) is 0 Å². The number of hydrogen-bond acceptors (Lipinski definition) is 2. The second-order valence-corrected chi connectivity index (χ2v) is 4.15. The van der Waals surface area contributed by atoms with Gasteiger partial charge >= 0.3 is 0 Å². The van der Waals surface area contributed by atoms with E-state index >= 15 is 0 Å². The van der Waals surface area contributed by atoms with Gasteiger partial charge in [0.25, 0.3) is 0 Å². The van der Waals surface area contributed by atoms with Crippen molar-refractivity contribution >= 4 is 5.78 Å². The third-order valence-corrected chi connectivity index (χ3v) is 2.75. The van der Waals surface area contributed by atoms with Crippen LogP contribution in [0.15, 0.2) is 12.1 Å². The molecule has 0 N–H and O–H groups in total. The third kappa shape index (κ3) is 3.13. The van der Waals surface area contributed by atoms with Crippen LogP contribution in [0.2, 0.25) is 0 Å². The minimum absolute atomic E-state index is 0.188. The van der Waals surface area contributed by atoms with Crippen LogP contribution in [0.3, 0.4) is 0 Å². The molecule has 0 aliphatic rings. The Morgan fingerprint density at radius 3 is 2.50 bits per heavy atom. The number of halogens is 2. The number of benzene rings is 1. The molecule has 0 aromatic heterocycles. The van der Waals surface area contributed by atoms with E-state index in [0.29, 0.717) is 13.0 Å². The summed E-state index contributed by atoms with van der Waals surface area (Å²) in [5.41, 5.74) is -0.0440. The molecular formula is C14H18F2O2. The van der Waals surface area contributed by atoms with Gasteiger partial charge in [0.05, 0.1) is 5.56 Å². The third-order valence-electron chi connectivity index (χ3n) is 2.75. The number of rotatable bonds is 6. The zero-order chi connectivity index (χ0) is 13.7. The Hall–Kier alpha value is -1.29. The predicted molar refractivity (Wildman–Crippen MR) is 65.7 cm³/mol. The summed E-state index contributed by atoms with van der Waals surface area (Å²) in [6, 6.07) is 2.72. The van der Waals surface area contributed by atoms with Crippen molar-refractivity contribution in [2.45, 2.75) is 39.7 Å². The first-order valence-corrected chi connectivity index (χ1v) is 6.13. The molecule has 4 heteroatoms. The van der Waals surface area contributed by atoms with Gasteiger partial charge in [-0.2, -0.15) is 0 Å². The van der Waals surface area contributed by atoms with Crippen molar-refractivity contribution in [1.29, 1.82) is 0 Å². The maximum Gasteiger partial charge on any atom is 0.194 e. The molecule has 0 aliphatic heterocycles. The summed E-state index contributed by atoms with van der Waals surface area (Å²) in [7, 11) is 0. The van der Waals surface area contributed by atoms with Crippen LogP contribution in [-0.2, 0) is 4.74 Å². The Morgan fingerprint density at radius 1 is 1.28 bits per heavy atom. The first-order chi connectivity index (χ1) is 8.52. The lowest BCUT2D eigenvalue weighted by atomic mass is 10.0. The fourth-order valence-electron chi connectivity index (χ4n) is 1.76. The van der Waals surface area contributed by atoms with E-state index in [0.717, 1.165) is 6.42 Å². The van der Waals surface area contributed by atoms with Gasteiger partial charge in [-0.25, -0.2) is 8.78 Å². The molecule has 0 radical (unpaired) electrons. The van der Waals surface area contributed by atoms with Gasteiger partial charge in [0.2, 0.25) is 0 Å². The molecule has 0 bridgehead atoms. The molecule has 0 saturated carbocycles. The largest absolute Gasteiger partial charge is 0.370 e. The smallest absolute Gasteiger partial charge is 0.194 e. The van der Waals surface area contributed by atoms with Crippen molar-refractivity contribution in [3.8, 4) is 0 Å². The quantitative estimate of drug-likeness (QED) is 0.726. The number of ketones is 1. The Bertz CT molecular complexity index is 424. The van der Waals surface area contributed by atoms with Gasteiger partial charge in [0.15, 0.2) is 17.4 Å². The average Bonchev–Trinajstić information content (AvgIpc) is 2.35. The monoisotopic (exact) mass is 256 g/mol. The number of carbonyl (C=O) groups is 1. The van der Waals surface area contributed by atoms with Crippen LogP contribution >= 0.6 is 0 Å². The normalized spacial score (nSPS) is 12.5. The summed E-state index contributed by atoms with van der Waals surface area (Å²) in [5.74, 6) is -2.54. The molecule has 1 aromatic carbocycles. The molecule has 18 heavy (non-hydrogen) atoms. The highest BCUT2D eigenvalue weighted by Gasteiger charge is 2.24. The number of Topliss-reactive ketones (excluding diaryl/α,β-unsaturated/α-hetero) is 1. The highest BCUT2D eigenvalue weighted by molar-refractivity contribution is 5.99. The van der Waals surface area contributed by atoms with Gasteiger partial charge < -0.3 is 4.74 Å². The second kappa shape index (κ2) is 6.59. The van der Waals surface area contributed by atoms with E-state index in [1.165, 1.54) is 19.1 Å². The molecular weight excluding hydrogens is 238 g/mol. The van der Waals surface area contributed by atoms with Crippen molar-refractivity contribution in [3.63, 3.8) is 0 Å². The molecule has 1 aromatic rings. The molecule has 1 atom stereocenters. The van der Waals surface area contributed by atoms with Crippen LogP contribution in [0.4, 0.5) is 8.78 Å². The molecule has 0 saturated heterocycles. The summed E-state index contributed by atoms with van der Waals surface area (Å²) < 4.78 is 32.4. The Morgan fingerprint density at radius 2 is 1.94 bits per heavy atom. The van der Waals surface area contributed by atoms with Gasteiger partial charge in [0.1, 0.15) is 6.10 Å². The summed E-state index contributed by atoms with van der Waals surface area (Å²) in [6.07, 6.45) is 0.546. The van der Waals surface area contributed by atoms with E-state index in [-0.39, 0.29) is 11.1 Å². The summed E-state index contributed by atoms with van der Waals surface area (Å²) >= 11 is 0. The highest BCUT2D eigenvalue weighted by atomic mass is 19.2. The van der Waals surface area contributed by atoms with Gasteiger partial charge in [-0.15, -0.1) is 0 Å². The number of ether oxygens (including phenoxy) is 1. The van der Waals surface area contributed by atoms with Gasteiger partial charge in [-0.3, -0.25) is 4.79 Å². The minimum atomic E-state index is -1.08. The van der Waals surface area contributed by atoms with E-state index < -0.39 is 23.5 Å². The molecule has 0 heterocycles. The summed E-state index contributed by atoms with van der Waals surface area (Å²) in [5, 5.41) is 0. The Balaban J connectivity index is 3.05. The number of aryl methyl sites for hydroxylation is 1. The van der Waals surface area contributed by atoms with E-state index in [1.54, 1.807) is 6.92 Å². The van der Waals surface area contributed by atoms with Crippen molar-refractivity contribution in [1.82, 2.24) is 0 Å². The van der Waals surface area contributed by atoms with Crippen LogP contribution in [0, 0.1) is 18.6 Å². The van der Waals surface area contributed by atoms with Gasteiger partial charge in [0, 0.05) is 6.61 Å². The minimum Gasteiger partial charge on any atom is -0.370 e. The molecule has 1 unspecified atom stereocenters. The van der Waals surface area contributed by atoms with Crippen molar-refractivity contribution < 1.29 is 18.3 Å². The fourth-order valence-corrected chi connectivity index (χ4v) is 1.76. The van der Waals surface area contributed by atoms with Gasteiger partial charge in [-0.1, -0.05) is 19.4 Å². The fraction of sp³-hybridized carbons (Fsp3) is 0.500. The lowest BCUT2D eigenvalue weighted by Crippen LogP contribution is -2.25. The van der Waals surface area contributed by atoms with Crippen LogP contribution in [0.5, 0.6) is 0 Å². The molecule has 0 amide bonds. The molecule has 100 valence electrons. The molecule has 1 rings (SSSR count). The maximum absolute atomic E-state index is 13.7. The Kier molecular flexibility index (Phi) is 5.41. The average molecular weight is 256 g/mol.